The average molecular weight is 446 g/mol. The molecule has 3 aromatic rings. The summed E-state index contributed by atoms with van der Waals surface area (Å²) < 4.78 is 30.8. The molecule has 0 saturated heterocycles. The Morgan fingerprint density at radius 3 is 2.84 bits per heavy atom. The molecule has 4 rings (SSSR count). The van der Waals surface area contributed by atoms with E-state index in [-0.39, 0.29) is 30.2 Å². The number of carbonyl (C=O) groups excluding carboxylic acids is 1. The summed E-state index contributed by atoms with van der Waals surface area (Å²) in [5.74, 6) is -4.23. The SMILES string of the molecule is NC(=O)c1cnc(N[C@H]2[C@@H](NC(=O)O)CCCC2(F)F)nc1Nc1cnn2ccccc12. The molecule has 0 bridgehead atoms. The summed E-state index contributed by atoms with van der Waals surface area (Å²) in [6.07, 6.45) is 2.94. The minimum atomic E-state index is -3.20. The van der Waals surface area contributed by atoms with Crippen LogP contribution in [0.1, 0.15) is 29.6 Å². The highest BCUT2D eigenvalue weighted by Crippen LogP contribution is 2.35. The monoisotopic (exact) mass is 446 g/mol. The first kappa shape index (κ1) is 21.2. The molecule has 2 atom stereocenters. The van der Waals surface area contributed by atoms with Gasteiger partial charge in [-0.3, -0.25) is 4.79 Å². The molecule has 1 saturated carbocycles. The van der Waals surface area contributed by atoms with Crippen LogP contribution in [-0.2, 0) is 0 Å². The van der Waals surface area contributed by atoms with Crippen LogP contribution in [0.3, 0.4) is 0 Å². The fourth-order valence-corrected chi connectivity index (χ4v) is 3.72. The molecular weight excluding hydrogens is 426 g/mol. The summed E-state index contributed by atoms with van der Waals surface area (Å²) in [6, 6.07) is 2.75. The van der Waals surface area contributed by atoms with Gasteiger partial charge in [0.2, 0.25) is 5.95 Å². The first-order chi connectivity index (χ1) is 15.2. The molecule has 0 unspecified atom stereocenters. The quantitative estimate of drug-likeness (QED) is 0.385. The Morgan fingerprint density at radius 2 is 2.09 bits per heavy atom. The largest absolute Gasteiger partial charge is 0.465 e. The molecule has 11 nitrogen and oxygen atoms in total. The van der Waals surface area contributed by atoms with E-state index in [1.165, 1.54) is 6.20 Å². The van der Waals surface area contributed by atoms with Gasteiger partial charge in [-0.15, -0.1) is 0 Å². The van der Waals surface area contributed by atoms with Crippen LogP contribution in [0.2, 0.25) is 0 Å². The Morgan fingerprint density at radius 1 is 1.28 bits per heavy atom. The van der Waals surface area contributed by atoms with Crippen molar-refractivity contribution in [1.82, 2.24) is 24.9 Å². The highest BCUT2D eigenvalue weighted by molar-refractivity contribution is 5.98. The fourth-order valence-electron chi connectivity index (χ4n) is 3.72. The van der Waals surface area contributed by atoms with Crippen LogP contribution in [0, 0.1) is 0 Å². The molecule has 1 fully saturated rings. The summed E-state index contributed by atoms with van der Waals surface area (Å²) in [4.78, 5) is 31.0. The number of fused-ring (bicyclic) bond motifs is 1. The summed E-state index contributed by atoms with van der Waals surface area (Å²) in [5.41, 5.74) is 6.55. The number of nitrogens with two attached hydrogens (primary N) is 1. The number of carboxylic acid groups (broad SMARTS) is 1. The minimum absolute atomic E-state index is 0.00405. The number of carbonyl (C=O) groups is 2. The van der Waals surface area contributed by atoms with Crippen LogP contribution in [0.5, 0.6) is 0 Å². The summed E-state index contributed by atoms with van der Waals surface area (Å²) in [7, 11) is 0. The number of anilines is 3. The van der Waals surface area contributed by atoms with Gasteiger partial charge in [0.1, 0.15) is 17.4 Å². The van der Waals surface area contributed by atoms with Crippen LogP contribution in [0.4, 0.5) is 31.0 Å². The number of aromatic nitrogens is 4. The Balaban J connectivity index is 1.66. The minimum Gasteiger partial charge on any atom is -0.465 e. The summed E-state index contributed by atoms with van der Waals surface area (Å²) in [5, 5.41) is 20.8. The van der Waals surface area contributed by atoms with Crippen LogP contribution >= 0.6 is 0 Å². The molecule has 1 aliphatic carbocycles. The van der Waals surface area contributed by atoms with Gasteiger partial charge in [0.25, 0.3) is 11.8 Å². The van der Waals surface area contributed by atoms with E-state index in [1.54, 1.807) is 28.9 Å². The van der Waals surface area contributed by atoms with E-state index in [0.717, 1.165) is 6.20 Å². The fraction of sp³-hybridized carbons (Fsp3) is 0.316. The maximum Gasteiger partial charge on any atom is 0.404 e. The number of rotatable bonds is 6. The molecule has 13 heteroatoms. The number of alkyl halides is 2. The number of hydrogen-bond donors (Lipinski definition) is 5. The topological polar surface area (TPSA) is 160 Å². The van der Waals surface area contributed by atoms with Gasteiger partial charge in [-0.1, -0.05) is 6.07 Å². The zero-order valence-electron chi connectivity index (χ0n) is 16.6. The van der Waals surface area contributed by atoms with Gasteiger partial charge in [0.15, 0.2) is 0 Å². The normalized spacial score (nSPS) is 19.9. The van der Waals surface area contributed by atoms with Gasteiger partial charge < -0.3 is 26.8 Å². The second-order valence-electron chi connectivity index (χ2n) is 7.37. The van der Waals surface area contributed by atoms with Gasteiger partial charge in [-0.2, -0.15) is 10.1 Å². The summed E-state index contributed by atoms with van der Waals surface area (Å²) in [6.45, 7) is 0. The number of primary amides is 1. The molecule has 2 amide bonds. The lowest BCUT2D eigenvalue weighted by molar-refractivity contribution is -0.0549. The average Bonchev–Trinajstić information content (AvgIpc) is 3.13. The van der Waals surface area contributed by atoms with Crippen molar-refractivity contribution in [1.29, 1.82) is 0 Å². The third-order valence-electron chi connectivity index (χ3n) is 5.21. The lowest BCUT2D eigenvalue weighted by Gasteiger charge is -2.38. The van der Waals surface area contributed by atoms with Crippen molar-refractivity contribution in [2.45, 2.75) is 37.3 Å². The van der Waals surface area contributed by atoms with Gasteiger partial charge in [-0.05, 0) is 25.0 Å². The zero-order valence-corrected chi connectivity index (χ0v) is 16.6. The van der Waals surface area contributed by atoms with Crippen LogP contribution < -0.4 is 21.7 Å². The van der Waals surface area contributed by atoms with E-state index in [9.17, 15) is 18.4 Å². The molecule has 32 heavy (non-hydrogen) atoms. The smallest absolute Gasteiger partial charge is 0.404 e. The Labute approximate surface area is 180 Å². The van der Waals surface area contributed by atoms with Crippen molar-refractivity contribution in [2.75, 3.05) is 10.6 Å². The van der Waals surface area contributed by atoms with Crippen LogP contribution in [0.25, 0.3) is 5.52 Å². The van der Waals surface area contributed by atoms with E-state index >= 15 is 0 Å². The lowest BCUT2D eigenvalue weighted by Crippen LogP contribution is -2.57. The number of amides is 2. The van der Waals surface area contributed by atoms with Crippen molar-refractivity contribution in [2.24, 2.45) is 5.73 Å². The number of nitrogens with one attached hydrogen (secondary N) is 3. The lowest BCUT2D eigenvalue weighted by atomic mass is 9.87. The Kier molecular flexibility index (Phi) is 5.47. The Bertz CT molecular complexity index is 1170. The molecular formula is C19H20F2N8O3. The second-order valence-corrected chi connectivity index (χ2v) is 7.37. The number of hydrogen-bond acceptors (Lipinski definition) is 7. The Hall–Kier alpha value is -4.03. The van der Waals surface area contributed by atoms with Crippen molar-refractivity contribution in [3.8, 4) is 0 Å². The first-order valence-electron chi connectivity index (χ1n) is 9.74. The van der Waals surface area contributed by atoms with Crippen molar-refractivity contribution >= 4 is 35.0 Å². The summed E-state index contributed by atoms with van der Waals surface area (Å²) >= 11 is 0. The van der Waals surface area contributed by atoms with Gasteiger partial charge in [0, 0.05) is 18.8 Å². The number of nitrogens with zero attached hydrogens (tertiary/aromatic N) is 4. The third kappa shape index (κ3) is 4.22. The standard InChI is InChI=1S/C19H20F2N8O3/c20-19(21)6-3-4-11(26-18(31)32)14(19)27-17-23-8-10(15(22)30)16(28-17)25-12-9-24-29-7-2-1-5-13(12)29/h1-2,5,7-9,11,14,26H,3-4,6H2,(H2,22,30)(H,31,32)(H2,23,25,27,28)/t11-,14-/m0/s1. The molecule has 0 radical (unpaired) electrons. The second kappa shape index (κ2) is 8.24. The van der Waals surface area contributed by atoms with E-state index < -0.39 is 36.4 Å². The predicted octanol–water partition coefficient (Wildman–Crippen LogP) is 2.20. The molecule has 3 heterocycles. The molecule has 6 N–H and O–H groups in total. The van der Waals surface area contributed by atoms with Gasteiger partial charge in [-0.25, -0.2) is 23.1 Å². The maximum atomic E-state index is 14.6. The van der Waals surface area contributed by atoms with E-state index in [1.807, 2.05) is 0 Å². The van der Waals surface area contributed by atoms with Crippen LogP contribution in [-0.4, -0.2) is 54.7 Å². The van der Waals surface area contributed by atoms with Gasteiger partial charge in [0.05, 0.1) is 23.4 Å². The van der Waals surface area contributed by atoms with Crippen molar-refractivity contribution in [3.05, 3.63) is 42.4 Å². The molecule has 3 aromatic heterocycles. The molecule has 168 valence electrons. The molecule has 0 spiro atoms. The molecule has 0 aromatic carbocycles. The van der Waals surface area contributed by atoms with Crippen LogP contribution in [0.15, 0.2) is 36.8 Å². The molecule has 1 aliphatic rings. The number of halogens is 2. The van der Waals surface area contributed by atoms with E-state index in [2.05, 4.69) is 31.0 Å². The van der Waals surface area contributed by atoms with E-state index in [4.69, 9.17) is 10.8 Å². The van der Waals surface area contributed by atoms with E-state index in [0.29, 0.717) is 11.2 Å². The predicted molar refractivity (Wildman–Crippen MR) is 110 cm³/mol. The van der Waals surface area contributed by atoms with Crippen molar-refractivity contribution in [3.63, 3.8) is 0 Å². The first-order valence-corrected chi connectivity index (χ1v) is 9.74. The third-order valence-corrected chi connectivity index (χ3v) is 5.21. The zero-order chi connectivity index (χ0) is 22.9. The highest BCUT2D eigenvalue weighted by atomic mass is 19.3. The van der Waals surface area contributed by atoms with Crippen molar-refractivity contribution < 1.29 is 23.5 Å². The number of pyridine rings is 1. The maximum absolute atomic E-state index is 14.6. The highest BCUT2D eigenvalue weighted by Gasteiger charge is 2.48. The molecule has 0 aliphatic heterocycles. The van der Waals surface area contributed by atoms with Gasteiger partial charge >= 0.3 is 6.09 Å².